The van der Waals surface area contributed by atoms with Crippen LogP contribution in [0.4, 0.5) is 11.4 Å². The summed E-state index contributed by atoms with van der Waals surface area (Å²) in [6.45, 7) is 1.82. The number of amides is 3. The summed E-state index contributed by atoms with van der Waals surface area (Å²) in [5.74, 6) is -2.47. The molecule has 35 heavy (non-hydrogen) atoms. The minimum absolute atomic E-state index is 0.0775. The summed E-state index contributed by atoms with van der Waals surface area (Å²) in [7, 11) is 0. The summed E-state index contributed by atoms with van der Waals surface area (Å²) < 4.78 is 2.02. The Morgan fingerprint density at radius 3 is 2.20 bits per heavy atom. The zero-order valence-electron chi connectivity index (χ0n) is 18.0. The topological polar surface area (TPSA) is 92.2 Å². The van der Waals surface area contributed by atoms with Crippen LogP contribution in [0.5, 0.6) is 0 Å². The van der Waals surface area contributed by atoms with E-state index in [0.29, 0.717) is 37.3 Å². The van der Waals surface area contributed by atoms with Crippen molar-refractivity contribution in [1.82, 2.24) is 4.68 Å². The Labute approximate surface area is 223 Å². The highest BCUT2D eigenvalue weighted by Crippen LogP contribution is 2.26. The zero-order chi connectivity index (χ0) is 25.3. The fourth-order valence-corrected chi connectivity index (χ4v) is 4.39. The highest BCUT2D eigenvalue weighted by atomic mass is 79.9. The third-order valence-electron chi connectivity index (χ3n) is 4.97. The molecule has 3 N–H and O–H groups in total. The number of aryl methyl sites for hydroxylation is 1. The molecular weight excluding hydrogens is 579 g/mol. The van der Waals surface area contributed by atoms with Crippen LogP contribution in [0.1, 0.15) is 16.1 Å². The second-order valence-electron chi connectivity index (χ2n) is 7.54. The molecule has 0 aliphatic carbocycles. The normalized spacial score (nSPS) is 10.8. The lowest BCUT2D eigenvalue weighted by Gasteiger charge is -2.13. The number of halogens is 4. The van der Waals surface area contributed by atoms with Crippen LogP contribution in [0.25, 0.3) is 10.9 Å². The van der Waals surface area contributed by atoms with Crippen molar-refractivity contribution in [3.05, 3.63) is 91.5 Å². The Balaban J connectivity index is 1.63. The van der Waals surface area contributed by atoms with Crippen LogP contribution in [-0.4, -0.2) is 22.4 Å². The molecule has 0 radical (unpaired) electrons. The van der Waals surface area contributed by atoms with Crippen LogP contribution in [0, 0.1) is 6.92 Å². The van der Waals surface area contributed by atoms with E-state index in [0.717, 1.165) is 10.0 Å². The highest BCUT2D eigenvalue weighted by Gasteiger charge is 2.21. The van der Waals surface area contributed by atoms with E-state index in [2.05, 4.69) is 32.0 Å². The van der Waals surface area contributed by atoms with Crippen molar-refractivity contribution in [2.45, 2.75) is 6.92 Å². The number of anilines is 2. The van der Waals surface area contributed by atoms with Crippen LogP contribution in [-0.2, 0) is 9.59 Å². The van der Waals surface area contributed by atoms with E-state index in [-0.39, 0.29) is 5.69 Å². The molecule has 11 heteroatoms. The maximum atomic E-state index is 13.1. The van der Waals surface area contributed by atoms with Gasteiger partial charge in [-0.3, -0.25) is 19.8 Å². The fraction of sp³-hybridized carbons (Fsp3) is 0.0417. The van der Waals surface area contributed by atoms with Gasteiger partial charge in [0, 0.05) is 36.3 Å². The second kappa shape index (κ2) is 10.3. The summed E-state index contributed by atoms with van der Waals surface area (Å²) in [5, 5.41) is 6.99. The van der Waals surface area contributed by atoms with Crippen LogP contribution >= 0.6 is 50.7 Å². The first-order valence-electron chi connectivity index (χ1n) is 10.1. The standard InChI is InChI=1S/C24H16BrCl3N4O3/c1-12-2-4-17(11-19(12)28)29-23(34)24(35)31-32-20-5-3-14(25)6-13(20)7-21(32)22(33)30-18-9-15(26)8-16(27)10-18/h2-11H,1H3,(H,29,34)(H,30,33)(H,31,35). The SMILES string of the molecule is Cc1ccc(NC(=O)C(=O)Nn2c(C(=O)Nc3cc(Cl)cc(Cl)c3)cc3cc(Br)ccc32)cc1Cl. The quantitative estimate of drug-likeness (QED) is 0.232. The van der Waals surface area contributed by atoms with Crippen LogP contribution in [0.15, 0.2) is 65.1 Å². The first kappa shape index (κ1) is 25.1. The minimum Gasteiger partial charge on any atom is -0.321 e. The predicted octanol–water partition coefficient (Wildman–Crippen LogP) is 6.63. The number of fused-ring (bicyclic) bond motifs is 1. The van der Waals surface area contributed by atoms with Gasteiger partial charge in [-0.05, 0) is 67.1 Å². The smallest absolute Gasteiger partial charge is 0.321 e. The molecule has 0 aliphatic heterocycles. The van der Waals surface area contributed by atoms with Gasteiger partial charge < -0.3 is 10.6 Å². The van der Waals surface area contributed by atoms with Crippen molar-refractivity contribution >= 4 is 90.7 Å². The van der Waals surface area contributed by atoms with Crippen LogP contribution in [0.3, 0.4) is 0 Å². The average molecular weight is 595 g/mol. The maximum absolute atomic E-state index is 13.1. The van der Waals surface area contributed by atoms with Gasteiger partial charge in [-0.1, -0.05) is 56.8 Å². The Morgan fingerprint density at radius 1 is 0.800 bits per heavy atom. The Bertz CT molecular complexity index is 1480. The van der Waals surface area contributed by atoms with Gasteiger partial charge in [0.15, 0.2) is 0 Å². The Kier molecular flexibility index (Phi) is 7.37. The monoisotopic (exact) mass is 592 g/mol. The number of nitrogens with one attached hydrogen (secondary N) is 3. The third-order valence-corrected chi connectivity index (χ3v) is 6.30. The van der Waals surface area contributed by atoms with E-state index in [1.54, 1.807) is 42.5 Å². The summed E-state index contributed by atoms with van der Waals surface area (Å²) in [6, 6.07) is 16.3. The van der Waals surface area contributed by atoms with Gasteiger partial charge in [0.25, 0.3) is 5.91 Å². The summed E-state index contributed by atoms with van der Waals surface area (Å²) in [6.07, 6.45) is 0. The molecule has 3 aromatic carbocycles. The lowest BCUT2D eigenvalue weighted by Crippen LogP contribution is -2.36. The molecule has 0 atom stereocenters. The van der Waals surface area contributed by atoms with Crippen molar-refractivity contribution in [3.63, 3.8) is 0 Å². The molecule has 0 spiro atoms. The van der Waals surface area contributed by atoms with Crippen molar-refractivity contribution < 1.29 is 14.4 Å². The molecule has 0 bridgehead atoms. The molecule has 7 nitrogen and oxygen atoms in total. The first-order chi connectivity index (χ1) is 16.6. The Hall–Kier alpha value is -3.04. The first-order valence-corrected chi connectivity index (χ1v) is 12.0. The molecule has 1 aromatic heterocycles. The van der Waals surface area contributed by atoms with Crippen molar-refractivity contribution in [2.75, 3.05) is 16.1 Å². The number of benzene rings is 3. The Morgan fingerprint density at radius 2 is 1.51 bits per heavy atom. The predicted molar refractivity (Wildman–Crippen MR) is 143 cm³/mol. The molecule has 3 amide bonds. The minimum atomic E-state index is -0.984. The van der Waals surface area contributed by atoms with Crippen molar-refractivity contribution in [3.8, 4) is 0 Å². The summed E-state index contributed by atoms with van der Waals surface area (Å²) in [5.41, 5.74) is 4.63. The van der Waals surface area contributed by atoms with Gasteiger partial charge in [0.1, 0.15) is 5.69 Å². The summed E-state index contributed by atoms with van der Waals surface area (Å²) in [4.78, 5) is 38.4. The third kappa shape index (κ3) is 5.79. The van der Waals surface area contributed by atoms with E-state index in [1.165, 1.54) is 22.9 Å². The molecule has 4 rings (SSSR count). The van der Waals surface area contributed by atoms with E-state index in [4.69, 9.17) is 34.8 Å². The molecule has 1 heterocycles. The highest BCUT2D eigenvalue weighted by molar-refractivity contribution is 9.10. The number of nitrogens with zero attached hydrogens (tertiary/aromatic N) is 1. The molecule has 4 aromatic rings. The number of carbonyl (C=O) groups is 3. The molecule has 0 saturated carbocycles. The second-order valence-corrected chi connectivity index (χ2v) is 9.74. The van der Waals surface area contributed by atoms with Gasteiger partial charge in [0.2, 0.25) is 0 Å². The number of aromatic nitrogens is 1. The van der Waals surface area contributed by atoms with Gasteiger partial charge in [-0.25, -0.2) is 4.68 Å². The molecule has 0 aliphatic rings. The zero-order valence-corrected chi connectivity index (χ0v) is 21.8. The molecule has 0 saturated heterocycles. The van der Waals surface area contributed by atoms with Crippen molar-refractivity contribution in [2.24, 2.45) is 0 Å². The largest absolute Gasteiger partial charge is 0.328 e. The molecular formula is C24H16BrCl3N4O3. The van der Waals surface area contributed by atoms with Gasteiger partial charge in [0.05, 0.1) is 5.52 Å². The average Bonchev–Trinajstić information content (AvgIpc) is 3.13. The van der Waals surface area contributed by atoms with E-state index in [1.807, 2.05) is 6.92 Å². The maximum Gasteiger partial charge on any atom is 0.328 e. The molecule has 178 valence electrons. The lowest BCUT2D eigenvalue weighted by atomic mass is 10.2. The van der Waals surface area contributed by atoms with Crippen LogP contribution < -0.4 is 16.1 Å². The van der Waals surface area contributed by atoms with E-state index in [9.17, 15) is 14.4 Å². The van der Waals surface area contributed by atoms with Crippen LogP contribution in [0.2, 0.25) is 15.1 Å². The van der Waals surface area contributed by atoms with Gasteiger partial charge in [-0.15, -0.1) is 0 Å². The fourth-order valence-electron chi connectivity index (χ4n) is 3.31. The molecule has 0 fully saturated rings. The number of hydrogen-bond acceptors (Lipinski definition) is 3. The van der Waals surface area contributed by atoms with Crippen molar-refractivity contribution in [1.29, 1.82) is 0 Å². The van der Waals surface area contributed by atoms with Gasteiger partial charge >= 0.3 is 11.8 Å². The molecule has 0 unspecified atom stereocenters. The summed E-state index contributed by atoms with van der Waals surface area (Å²) >= 11 is 21.5. The van der Waals surface area contributed by atoms with E-state index < -0.39 is 17.7 Å². The lowest BCUT2D eigenvalue weighted by molar-refractivity contribution is -0.133. The number of carbonyl (C=O) groups excluding carboxylic acids is 3. The number of rotatable bonds is 4. The van der Waals surface area contributed by atoms with E-state index >= 15 is 0 Å². The number of hydrogen-bond donors (Lipinski definition) is 3. The van der Waals surface area contributed by atoms with Gasteiger partial charge in [-0.2, -0.15) is 0 Å².